The number of aryl methyl sites for hydroxylation is 1. The van der Waals surface area contributed by atoms with Crippen molar-refractivity contribution in [3.8, 4) is 5.75 Å². The lowest BCUT2D eigenvalue weighted by Gasteiger charge is -2.27. The van der Waals surface area contributed by atoms with Crippen molar-refractivity contribution in [3.63, 3.8) is 0 Å². The second-order valence-electron chi connectivity index (χ2n) is 5.55. The highest BCUT2D eigenvalue weighted by Crippen LogP contribution is 2.29. The van der Waals surface area contributed by atoms with Crippen LogP contribution in [0.15, 0.2) is 18.2 Å². The van der Waals surface area contributed by atoms with E-state index in [-0.39, 0.29) is 6.15 Å². The van der Waals surface area contributed by atoms with Gasteiger partial charge in [-0.2, -0.15) is 0 Å². The molecule has 20 heavy (non-hydrogen) atoms. The number of nitrogens with one attached hydrogen (secondary N) is 1. The van der Waals surface area contributed by atoms with Crippen molar-refractivity contribution in [2.24, 2.45) is 0 Å². The van der Waals surface area contributed by atoms with E-state index >= 15 is 0 Å². The van der Waals surface area contributed by atoms with Crippen LogP contribution in [-0.4, -0.2) is 19.7 Å². The maximum atomic E-state index is 5.49. The zero-order valence-electron chi connectivity index (χ0n) is 13.1. The number of fused-ring (bicyclic) bond motifs is 1. The fourth-order valence-corrected chi connectivity index (χ4v) is 2.98. The minimum Gasteiger partial charge on any atom is -0.496 e. The van der Waals surface area contributed by atoms with Crippen LogP contribution in [0.3, 0.4) is 0 Å². The van der Waals surface area contributed by atoms with Crippen LogP contribution in [0.4, 0.5) is 0 Å². The van der Waals surface area contributed by atoms with Crippen molar-refractivity contribution >= 4 is 0 Å². The Morgan fingerprint density at radius 1 is 1.25 bits per heavy atom. The van der Waals surface area contributed by atoms with Gasteiger partial charge in [-0.1, -0.05) is 38.3 Å². The Kier molecular flexibility index (Phi) is 7.63. The molecule has 0 heterocycles. The van der Waals surface area contributed by atoms with Gasteiger partial charge in [-0.25, -0.2) is 0 Å². The van der Waals surface area contributed by atoms with Crippen molar-refractivity contribution in [1.29, 1.82) is 0 Å². The number of hydrogen-bond donors (Lipinski definition) is 2. The first-order chi connectivity index (χ1) is 9.35. The molecule has 0 fully saturated rings. The highest BCUT2D eigenvalue weighted by Gasteiger charge is 2.20. The highest BCUT2D eigenvalue weighted by molar-refractivity contribution is 5.42. The minimum absolute atomic E-state index is 0. The molecule has 114 valence electrons. The summed E-state index contributed by atoms with van der Waals surface area (Å²) in [6.07, 6.45) is 8.90. The lowest BCUT2D eigenvalue weighted by molar-refractivity contribution is 0.393. The first-order valence-corrected chi connectivity index (χ1v) is 7.73. The van der Waals surface area contributed by atoms with E-state index in [0.717, 1.165) is 18.7 Å². The summed E-state index contributed by atoms with van der Waals surface area (Å²) < 4.78 is 5.49. The molecule has 2 rings (SSSR count). The average molecular weight is 278 g/mol. The molecule has 0 aliphatic heterocycles. The van der Waals surface area contributed by atoms with E-state index in [0.29, 0.717) is 6.04 Å². The van der Waals surface area contributed by atoms with Gasteiger partial charge in [0, 0.05) is 6.04 Å². The van der Waals surface area contributed by atoms with Gasteiger partial charge in [0.1, 0.15) is 5.75 Å². The Labute approximate surface area is 123 Å². The zero-order chi connectivity index (χ0) is 13.5. The molecule has 1 aromatic carbocycles. The highest BCUT2D eigenvalue weighted by atomic mass is 16.5. The number of benzene rings is 1. The normalized spacial score (nSPS) is 17.2. The van der Waals surface area contributed by atoms with E-state index in [9.17, 15) is 0 Å². The summed E-state index contributed by atoms with van der Waals surface area (Å²) in [4.78, 5) is 0. The van der Waals surface area contributed by atoms with Crippen LogP contribution >= 0.6 is 0 Å². The summed E-state index contributed by atoms with van der Waals surface area (Å²) in [6, 6.07) is 7.07. The molecule has 1 aromatic rings. The molecule has 1 aliphatic rings. The van der Waals surface area contributed by atoms with Gasteiger partial charge >= 0.3 is 0 Å². The lowest BCUT2D eigenvalue weighted by atomic mass is 9.87. The van der Waals surface area contributed by atoms with Crippen molar-refractivity contribution in [1.82, 2.24) is 11.5 Å². The molecule has 0 spiro atoms. The lowest BCUT2D eigenvalue weighted by Crippen LogP contribution is -2.35. The standard InChI is InChI=1S/C17H27NO.H3N/c1-3-4-5-6-12-18-15-11-10-14-8-7-9-17(19-2)16(14)13-15;/h7-9,15,18H,3-6,10-13H2,1-2H3;1H3. The molecule has 0 bridgehead atoms. The molecule has 0 radical (unpaired) electrons. The van der Waals surface area contributed by atoms with E-state index in [1.807, 2.05) is 0 Å². The third kappa shape index (κ3) is 4.50. The maximum Gasteiger partial charge on any atom is 0.122 e. The van der Waals surface area contributed by atoms with Gasteiger partial charge < -0.3 is 16.2 Å². The topological polar surface area (TPSA) is 56.3 Å². The Bertz CT molecular complexity index is 378. The van der Waals surface area contributed by atoms with Gasteiger partial charge in [-0.15, -0.1) is 0 Å². The zero-order valence-corrected chi connectivity index (χ0v) is 13.1. The second kappa shape index (κ2) is 8.98. The molecule has 3 heteroatoms. The fourth-order valence-electron chi connectivity index (χ4n) is 2.98. The molecule has 0 amide bonds. The fraction of sp³-hybridized carbons (Fsp3) is 0.647. The van der Waals surface area contributed by atoms with E-state index in [4.69, 9.17) is 4.74 Å². The SMILES string of the molecule is CCCCCCNC1CCc2cccc(OC)c2C1.N. The van der Waals surface area contributed by atoms with Crippen LogP contribution in [0.5, 0.6) is 5.75 Å². The van der Waals surface area contributed by atoms with Crippen LogP contribution in [0.2, 0.25) is 0 Å². The molecule has 0 saturated carbocycles. The minimum atomic E-state index is 0. The van der Waals surface area contributed by atoms with Crippen LogP contribution in [0.25, 0.3) is 0 Å². The molecular weight excluding hydrogens is 248 g/mol. The molecule has 1 atom stereocenters. The van der Waals surface area contributed by atoms with Gasteiger partial charge in [-0.05, 0) is 49.4 Å². The van der Waals surface area contributed by atoms with Crippen LogP contribution < -0.4 is 16.2 Å². The van der Waals surface area contributed by atoms with Crippen LogP contribution in [0.1, 0.15) is 50.2 Å². The number of hydrogen-bond acceptors (Lipinski definition) is 3. The monoisotopic (exact) mass is 278 g/mol. The summed E-state index contributed by atoms with van der Waals surface area (Å²) >= 11 is 0. The van der Waals surface area contributed by atoms with Crippen molar-refractivity contribution in [2.45, 2.75) is 57.9 Å². The molecule has 3 nitrogen and oxygen atoms in total. The average Bonchev–Trinajstić information content (AvgIpc) is 2.46. The van der Waals surface area contributed by atoms with Crippen molar-refractivity contribution < 1.29 is 4.74 Å². The van der Waals surface area contributed by atoms with Gasteiger partial charge in [-0.3, -0.25) is 0 Å². The summed E-state index contributed by atoms with van der Waals surface area (Å²) in [7, 11) is 1.78. The van der Waals surface area contributed by atoms with Crippen LogP contribution in [-0.2, 0) is 12.8 Å². The van der Waals surface area contributed by atoms with E-state index < -0.39 is 0 Å². The third-order valence-electron chi connectivity index (χ3n) is 4.13. The molecule has 1 aliphatic carbocycles. The van der Waals surface area contributed by atoms with Crippen LogP contribution in [0, 0.1) is 0 Å². The number of methoxy groups -OCH3 is 1. The molecule has 0 aromatic heterocycles. The summed E-state index contributed by atoms with van der Waals surface area (Å²) in [5, 5.41) is 3.72. The Hall–Kier alpha value is -1.06. The van der Waals surface area contributed by atoms with Gasteiger partial charge in [0.25, 0.3) is 0 Å². The molecular formula is C17H30N2O. The van der Waals surface area contributed by atoms with E-state index in [1.54, 1.807) is 7.11 Å². The molecule has 1 unspecified atom stereocenters. The smallest absolute Gasteiger partial charge is 0.122 e. The summed E-state index contributed by atoms with van der Waals surface area (Å²) in [5.74, 6) is 1.06. The van der Waals surface area contributed by atoms with Gasteiger partial charge in [0.05, 0.1) is 7.11 Å². The predicted octanol–water partition coefficient (Wildman–Crippen LogP) is 3.88. The van der Waals surface area contributed by atoms with Crippen molar-refractivity contribution in [3.05, 3.63) is 29.3 Å². The number of unbranched alkanes of at least 4 members (excludes halogenated alkanes) is 3. The second-order valence-corrected chi connectivity index (χ2v) is 5.55. The van der Waals surface area contributed by atoms with E-state index in [1.165, 1.54) is 49.7 Å². The number of ether oxygens (including phenoxy) is 1. The van der Waals surface area contributed by atoms with Gasteiger partial charge in [0.2, 0.25) is 0 Å². The Balaban J connectivity index is 0.00000200. The Morgan fingerprint density at radius 3 is 2.85 bits per heavy atom. The summed E-state index contributed by atoms with van der Waals surface area (Å²) in [6.45, 7) is 3.42. The molecule has 4 N–H and O–H groups in total. The third-order valence-corrected chi connectivity index (χ3v) is 4.13. The predicted molar refractivity (Wildman–Crippen MR) is 86.0 cm³/mol. The van der Waals surface area contributed by atoms with Gasteiger partial charge in [0.15, 0.2) is 0 Å². The van der Waals surface area contributed by atoms with Crippen molar-refractivity contribution in [2.75, 3.05) is 13.7 Å². The van der Waals surface area contributed by atoms with E-state index in [2.05, 4.69) is 30.4 Å². The molecule has 0 saturated heterocycles. The first-order valence-electron chi connectivity index (χ1n) is 7.73. The number of rotatable bonds is 7. The quantitative estimate of drug-likeness (QED) is 0.744. The Morgan fingerprint density at radius 2 is 2.10 bits per heavy atom. The largest absolute Gasteiger partial charge is 0.496 e. The first kappa shape index (κ1) is 17.0. The maximum absolute atomic E-state index is 5.49. The summed E-state index contributed by atoms with van der Waals surface area (Å²) in [5.41, 5.74) is 2.89.